The standard InChI is InChI=1S/C43H70O6/c1-4-7-10-13-16-19-20-21-22-25-27-30-33-36-42(45)48-39-40(49-43(46)37-34-31-28-24-18-15-12-9-6-3)38-47-41(44)35-32-29-26-23-17-14-11-8-5-2/h7,9-10,12-13,16,18-20,23-24,26,40H,4-6,8,11,14-15,17,21-22,25,27-39H2,1-3H3/b10-7-,12-9-,16-13-,20-19-,24-18-,26-23-. The summed E-state index contributed by atoms with van der Waals surface area (Å²) >= 11 is 0. The van der Waals surface area contributed by atoms with Gasteiger partial charge in [-0.15, -0.1) is 0 Å². The van der Waals surface area contributed by atoms with Gasteiger partial charge in [0, 0.05) is 19.3 Å². The molecule has 1 atom stereocenters. The molecule has 0 spiro atoms. The first-order valence-corrected chi connectivity index (χ1v) is 19.5. The average Bonchev–Trinajstić information content (AvgIpc) is 3.10. The molecule has 278 valence electrons. The number of rotatable bonds is 33. The van der Waals surface area contributed by atoms with E-state index in [1.54, 1.807) is 0 Å². The van der Waals surface area contributed by atoms with Crippen molar-refractivity contribution in [3.63, 3.8) is 0 Å². The minimum atomic E-state index is -0.806. The van der Waals surface area contributed by atoms with Crippen LogP contribution in [0.3, 0.4) is 0 Å². The highest BCUT2D eigenvalue weighted by atomic mass is 16.6. The Kier molecular flexibility index (Phi) is 35.2. The molecule has 0 bridgehead atoms. The van der Waals surface area contributed by atoms with Crippen LogP contribution < -0.4 is 0 Å². The van der Waals surface area contributed by atoms with E-state index in [4.69, 9.17) is 14.2 Å². The van der Waals surface area contributed by atoms with Gasteiger partial charge in [0.05, 0.1) is 0 Å². The second kappa shape index (κ2) is 37.7. The van der Waals surface area contributed by atoms with Crippen LogP contribution in [0.2, 0.25) is 0 Å². The fraction of sp³-hybridized carbons (Fsp3) is 0.651. The normalized spacial score (nSPS) is 12.8. The van der Waals surface area contributed by atoms with Crippen LogP contribution in [0, 0.1) is 0 Å². The van der Waals surface area contributed by atoms with Crippen LogP contribution in [-0.4, -0.2) is 37.2 Å². The number of allylic oxidation sites excluding steroid dienone is 12. The maximum Gasteiger partial charge on any atom is 0.306 e. The Labute approximate surface area is 300 Å². The van der Waals surface area contributed by atoms with Crippen molar-refractivity contribution in [1.82, 2.24) is 0 Å². The molecule has 0 aromatic heterocycles. The minimum Gasteiger partial charge on any atom is -0.462 e. The van der Waals surface area contributed by atoms with Gasteiger partial charge in [0.1, 0.15) is 13.2 Å². The van der Waals surface area contributed by atoms with E-state index in [1.807, 2.05) is 6.08 Å². The van der Waals surface area contributed by atoms with Crippen LogP contribution >= 0.6 is 0 Å². The fourth-order valence-corrected chi connectivity index (χ4v) is 4.83. The van der Waals surface area contributed by atoms with Gasteiger partial charge in [0.25, 0.3) is 0 Å². The van der Waals surface area contributed by atoms with Gasteiger partial charge < -0.3 is 14.2 Å². The predicted molar refractivity (Wildman–Crippen MR) is 205 cm³/mol. The molecule has 0 saturated carbocycles. The largest absolute Gasteiger partial charge is 0.462 e. The van der Waals surface area contributed by atoms with Crippen molar-refractivity contribution in [2.45, 2.75) is 168 Å². The van der Waals surface area contributed by atoms with Crippen molar-refractivity contribution in [3.8, 4) is 0 Å². The molecular weight excluding hydrogens is 612 g/mol. The van der Waals surface area contributed by atoms with Gasteiger partial charge in [0.15, 0.2) is 6.10 Å². The van der Waals surface area contributed by atoms with E-state index in [0.29, 0.717) is 25.7 Å². The monoisotopic (exact) mass is 683 g/mol. The molecule has 0 saturated heterocycles. The zero-order valence-electron chi connectivity index (χ0n) is 31.4. The van der Waals surface area contributed by atoms with E-state index < -0.39 is 6.10 Å². The quantitative estimate of drug-likeness (QED) is 0.0225. The topological polar surface area (TPSA) is 78.9 Å². The Bertz CT molecular complexity index is 971. The molecule has 6 heteroatoms. The molecule has 0 rings (SSSR count). The lowest BCUT2D eigenvalue weighted by atomic mass is 10.1. The molecule has 0 radical (unpaired) electrons. The van der Waals surface area contributed by atoms with Crippen LogP contribution in [0.25, 0.3) is 0 Å². The lowest BCUT2D eigenvalue weighted by Gasteiger charge is -2.18. The number of hydrogen-bond donors (Lipinski definition) is 0. The summed E-state index contributed by atoms with van der Waals surface area (Å²) in [7, 11) is 0. The van der Waals surface area contributed by atoms with Crippen LogP contribution in [0.4, 0.5) is 0 Å². The van der Waals surface area contributed by atoms with Crippen molar-refractivity contribution in [2.75, 3.05) is 13.2 Å². The van der Waals surface area contributed by atoms with Gasteiger partial charge in [-0.3, -0.25) is 14.4 Å². The second-order valence-corrected chi connectivity index (χ2v) is 12.5. The molecule has 0 aliphatic carbocycles. The van der Waals surface area contributed by atoms with Crippen LogP contribution in [0.5, 0.6) is 0 Å². The Balaban J connectivity index is 4.48. The average molecular weight is 683 g/mol. The molecule has 0 N–H and O–H groups in total. The van der Waals surface area contributed by atoms with E-state index in [1.165, 1.54) is 25.7 Å². The Morgan fingerprint density at radius 3 is 1.59 bits per heavy atom. The summed E-state index contributed by atoms with van der Waals surface area (Å²) in [6.07, 6.45) is 44.8. The zero-order chi connectivity index (χ0) is 35.9. The number of carbonyl (C=O) groups is 3. The van der Waals surface area contributed by atoms with Crippen molar-refractivity contribution < 1.29 is 28.6 Å². The Hall–Kier alpha value is -3.15. The number of hydrogen-bond acceptors (Lipinski definition) is 6. The summed E-state index contributed by atoms with van der Waals surface area (Å²) in [6.45, 7) is 6.22. The van der Waals surface area contributed by atoms with Crippen molar-refractivity contribution in [2.24, 2.45) is 0 Å². The smallest absolute Gasteiger partial charge is 0.306 e. The predicted octanol–water partition coefficient (Wildman–Crippen LogP) is 12.0. The van der Waals surface area contributed by atoms with Crippen LogP contribution in [-0.2, 0) is 28.6 Å². The third-order valence-corrected chi connectivity index (χ3v) is 7.74. The number of esters is 3. The molecule has 0 heterocycles. The molecule has 0 fully saturated rings. The molecule has 1 unspecified atom stereocenters. The molecule has 0 aromatic carbocycles. The van der Waals surface area contributed by atoms with Crippen LogP contribution in [0.1, 0.15) is 162 Å². The van der Waals surface area contributed by atoms with E-state index in [9.17, 15) is 14.4 Å². The zero-order valence-corrected chi connectivity index (χ0v) is 31.4. The van der Waals surface area contributed by atoms with Gasteiger partial charge in [-0.1, -0.05) is 132 Å². The summed E-state index contributed by atoms with van der Waals surface area (Å²) in [4.78, 5) is 37.4. The third kappa shape index (κ3) is 36.0. The summed E-state index contributed by atoms with van der Waals surface area (Å²) in [6, 6.07) is 0. The highest BCUT2D eigenvalue weighted by Crippen LogP contribution is 2.11. The number of carbonyl (C=O) groups excluding carboxylic acids is 3. The van der Waals surface area contributed by atoms with E-state index >= 15 is 0 Å². The van der Waals surface area contributed by atoms with Crippen molar-refractivity contribution >= 4 is 17.9 Å². The lowest BCUT2D eigenvalue weighted by Crippen LogP contribution is -2.30. The second-order valence-electron chi connectivity index (χ2n) is 12.5. The summed E-state index contributed by atoms with van der Waals surface area (Å²) < 4.78 is 16.5. The van der Waals surface area contributed by atoms with Gasteiger partial charge in [-0.05, 0) is 83.5 Å². The van der Waals surface area contributed by atoms with Gasteiger partial charge >= 0.3 is 17.9 Å². The summed E-state index contributed by atoms with van der Waals surface area (Å²) in [5.74, 6) is -1.02. The van der Waals surface area contributed by atoms with E-state index in [-0.39, 0.29) is 37.5 Å². The molecule has 49 heavy (non-hydrogen) atoms. The molecule has 0 aliphatic rings. The van der Waals surface area contributed by atoms with Crippen molar-refractivity contribution in [1.29, 1.82) is 0 Å². The lowest BCUT2D eigenvalue weighted by molar-refractivity contribution is -0.167. The first-order chi connectivity index (χ1) is 24.0. The van der Waals surface area contributed by atoms with Gasteiger partial charge in [0.2, 0.25) is 0 Å². The summed E-state index contributed by atoms with van der Waals surface area (Å²) in [5, 5.41) is 0. The highest BCUT2D eigenvalue weighted by Gasteiger charge is 2.19. The minimum absolute atomic E-state index is 0.109. The van der Waals surface area contributed by atoms with E-state index in [0.717, 1.165) is 83.5 Å². The highest BCUT2D eigenvalue weighted by molar-refractivity contribution is 5.71. The molecule has 0 amide bonds. The van der Waals surface area contributed by atoms with Gasteiger partial charge in [-0.25, -0.2) is 0 Å². The van der Waals surface area contributed by atoms with E-state index in [2.05, 4.69) is 87.6 Å². The molecule has 0 aromatic rings. The molecule has 6 nitrogen and oxygen atoms in total. The van der Waals surface area contributed by atoms with Crippen LogP contribution in [0.15, 0.2) is 72.9 Å². The van der Waals surface area contributed by atoms with Gasteiger partial charge in [-0.2, -0.15) is 0 Å². The third-order valence-electron chi connectivity index (χ3n) is 7.74. The number of ether oxygens (including phenoxy) is 3. The summed E-state index contributed by atoms with van der Waals surface area (Å²) in [5.41, 5.74) is 0. The first-order valence-electron chi connectivity index (χ1n) is 19.5. The number of unbranched alkanes of at least 4 members (excludes halogenated alkanes) is 12. The van der Waals surface area contributed by atoms with Crippen molar-refractivity contribution in [3.05, 3.63) is 72.9 Å². The Morgan fingerprint density at radius 2 is 0.918 bits per heavy atom. The fourth-order valence-electron chi connectivity index (χ4n) is 4.83. The molecule has 0 aliphatic heterocycles. The molecular formula is C43H70O6. The maximum atomic E-state index is 12.6. The Morgan fingerprint density at radius 1 is 0.449 bits per heavy atom. The SMILES string of the molecule is CC\C=C/C=C\C=C/CCCCCCCC(=O)OCC(COC(=O)CCC/C=C\CCCCCC)OC(=O)CCCC/C=C\C/C=C\CC. The maximum absolute atomic E-state index is 12.6. The first kappa shape index (κ1) is 45.9.